The Morgan fingerprint density at radius 2 is 1.86 bits per heavy atom. The molecule has 1 heterocycles. The van der Waals surface area contributed by atoms with Crippen LogP contribution in [0.1, 0.15) is 23.2 Å². The average Bonchev–Trinajstić information content (AvgIpc) is 2.53. The van der Waals surface area contributed by atoms with Crippen LogP contribution in [0.25, 0.3) is 0 Å². The molecule has 1 aliphatic rings. The molecule has 1 saturated heterocycles. The fraction of sp³-hybridized carbons (Fsp3) is 0.500. The van der Waals surface area contributed by atoms with Gasteiger partial charge in [-0.3, -0.25) is 9.59 Å². The van der Waals surface area contributed by atoms with Crippen molar-refractivity contribution in [3.8, 4) is 0 Å². The van der Waals surface area contributed by atoms with Crippen LogP contribution in [-0.2, 0) is 4.79 Å². The Hall–Kier alpha value is -1.59. The Morgan fingerprint density at radius 1 is 1.18 bits per heavy atom. The Morgan fingerprint density at radius 3 is 2.55 bits per heavy atom. The quantitative estimate of drug-likeness (QED) is 0.844. The molecule has 120 valence electrons. The summed E-state index contributed by atoms with van der Waals surface area (Å²) < 4.78 is 0. The number of halogens is 1. The highest BCUT2D eigenvalue weighted by atomic mass is 35.5. The summed E-state index contributed by atoms with van der Waals surface area (Å²) in [6, 6.07) is 7.16. The Labute approximate surface area is 136 Å². The summed E-state index contributed by atoms with van der Waals surface area (Å²) in [5, 5.41) is 2.82. The first kappa shape index (κ1) is 16.8. The highest BCUT2D eigenvalue weighted by Gasteiger charge is 2.22. The number of hydrogen-bond donors (Lipinski definition) is 1. The normalized spacial score (nSPS) is 15.6. The van der Waals surface area contributed by atoms with Crippen LogP contribution in [0.3, 0.4) is 0 Å². The fourth-order valence-electron chi connectivity index (χ4n) is 2.40. The first-order chi connectivity index (χ1) is 10.6. The minimum Gasteiger partial charge on any atom is -0.336 e. The Balaban J connectivity index is 2.07. The number of hydrogen-bond acceptors (Lipinski definition) is 3. The predicted molar refractivity (Wildman–Crippen MR) is 88.4 cm³/mol. The third-order valence-corrected chi connectivity index (χ3v) is 4.03. The number of anilines is 1. The van der Waals surface area contributed by atoms with Crippen molar-refractivity contribution >= 4 is 29.1 Å². The van der Waals surface area contributed by atoms with E-state index in [-0.39, 0.29) is 11.8 Å². The van der Waals surface area contributed by atoms with Gasteiger partial charge in [0.05, 0.1) is 11.3 Å². The number of nitrogens with one attached hydrogen (secondary N) is 1. The lowest BCUT2D eigenvalue weighted by Gasteiger charge is -2.32. The molecule has 0 atom stereocenters. The predicted octanol–water partition coefficient (Wildman–Crippen LogP) is 2.03. The number of nitrogens with zero attached hydrogens (tertiary/aromatic N) is 2. The van der Waals surface area contributed by atoms with Crippen molar-refractivity contribution in [2.75, 3.05) is 44.4 Å². The minimum atomic E-state index is -0.112. The fourth-order valence-corrected chi connectivity index (χ4v) is 2.53. The van der Waals surface area contributed by atoms with Gasteiger partial charge in [-0.05, 0) is 25.6 Å². The van der Waals surface area contributed by atoms with Crippen LogP contribution in [0.5, 0.6) is 0 Å². The van der Waals surface area contributed by atoms with E-state index in [0.717, 1.165) is 13.1 Å². The van der Waals surface area contributed by atoms with Crippen molar-refractivity contribution in [3.05, 3.63) is 29.8 Å². The summed E-state index contributed by atoms with van der Waals surface area (Å²) >= 11 is 5.60. The zero-order valence-electron chi connectivity index (χ0n) is 12.8. The summed E-state index contributed by atoms with van der Waals surface area (Å²) in [6.45, 7) is 3.17. The van der Waals surface area contributed by atoms with Gasteiger partial charge in [0.25, 0.3) is 5.91 Å². The van der Waals surface area contributed by atoms with E-state index in [4.69, 9.17) is 11.6 Å². The van der Waals surface area contributed by atoms with E-state index in [1.165, 1.54) is 0 Å². The number of amides is 2. The molecule has 2 amide bonds. The van der Waals surface area contributed by atoms with Crippen LogP contribution in [0, 0.1) is 0 Å². The largest absolute Gasteiger partial charge is 0.336 e. The molecule has 0 aromatic heterocycles. The van der Waals surface area contributed by atoms with E-state index in [1.54, 1.807) is 12.1 Å². The van der Waals surface area contributed by atoms with Gasteiger partial charge in [0.2, 0.25) is 5.91 Å². The van der Waals surface area contributed by atoms with Crippen LogP contribution in [0.4, 0.5) is 5.69 Å². The van der Waals surface area contributed by atoms with E-state index in [1.807, 2.05) is 24.1 Å². The van der Waals surface area contributed by atoms with E-state index in [2.05, 4.69) is 10.2 Å². The lowest BCUT2D eigenvalue weighted by atomic mass is 10.1. The van der Waals surface area contributed by atoms with Crippen LogP contribution >= 0.6 is 11.6 Å². The number of piperazine rings is 1. The number of carbonyl (C=O) groups is 2. The van der Waals surface area contributed by atoms with Gasteiger partial charge < -0.3 is 15.1 Å². The van der Waals surface area contributed by atoms with Crippen molar-refractivity contribution in [1.29, 1.82) is 0 Å². The molecule has 0 aliphatic carbocycles. The molecule has 0 bridgehead atoms. The minimum absolute atomic E-state index is 0.0265. The standard InChI is InChI=1S/C16H22ClN3O2/c1-19-9-11-20(12-10-19)16(22)13-5-2-3-6-14(13)18-15(21)7-4-8-17/h2-3,5-6H,4,7-12H2,1H3,(H,18,21). The molecule has 1 aromatic carbocycles. The van der Waals surface area contributed by atoms with Crippen LogP contribution in [0.15, 0.2) is 24.3 Å². The lowest BCUT2D eigenvalue weighted by molar-refractivity contribution is -0.116. The van der Waals surface area contributed by atoms with Crippen LogP contribution in [-0.4, -0.2) is 60.7 Å². The Bertz CT molecular complexity index is 528. The molecule has 5 nitrogen and oxygen atoms in total. The number of alkyl halides is 1. The van der Waals surface area contributed by atoms with Gasteiger partial charge >= 0.3 is 0 Å². The van der Waals surface area contributed by atoms with Gasteiger partial charge in [-0.15, -0.1) is 11.6 Å². The molecule has 22 heavy (non-hydrogen) atoms. The van der Waals surface area contributed by atoms with Crippen molar-refractivity contribution in [1.82, 2.24) is 9.80 Å². The molecular weight excluding hydrogens is 302 g/mol. The summed E-state index contributed by atoms with van der Waals surface area (Å²) in [6.07, 6.45) is 0.989. The summed E-state index contributed by atoms with van der Waals surface area (Å²) in [7, 11) is 2.05. The lowest BCUT2D eigenvalue weighted by Crippen LogP contribution is -2.47. The molecule has 2 rings (SSSR count). The summed E-state index contributed by atoms with van der Waals surface area (Å²) in [4.78, 5) is 28.6. The Kier molecular flexibility index (Phi) is 6.21. The second kappa shape index (κ2) is 8.15. The van der Waals surface area contributed by atoms with E-state index in [9.17, 15) is 9.59 Å². The van der Waals surface area contributed by atoms with E-state index in [0.29, 0.717) is 43.1 Å². The van der Waals surface area contributed by atoms with Crippen molar-refractivity contribution in [3.63, 3.8) is 0 Å². The van der Waals surface area contributed by atoms with Gasteiger partial charge in [-0.2, -0.15) is 0 Å². The zero-order chi connectivity index (χ0) is 15.9. The SMILES string of the molecule is CN1CCN(C(=O)c2ccccc2NC(=O)CCCCl)CC1. The second-order valence-electron chi connectivity index (χ2n) is 5.48. The number of benzene rings is 1. The molecule has 1 aliphatic heterocycles. The first-order valence-corrected chi connectivity index (χ1v) is 8.08. The molecule has 0 spiro atoms. The third-order valence-electron chi connectivity index (χ3n) is 3.76. The maximum Gasteiger partial charge on any atom is 0.256 e. The van der Waals surface area contributed by atoms with Gasteiger partial charge in [0.15, 0.2) is 0 Å². The number of carbonyl (C=O) groups excluding carboxylic acids is 2. The van der Waals surface area contributed by atoms with E-state index >= 15 is 0 Å². The average molecular weight is 324 g/mol. The van der Waals surface area contributed by atoms with Gasteiger partial charge in [-0.1, -0.05) is 12.1 Å². The van der Waals surface area contributed by atoms with Gasteiger partial charge in [0, 0.05) is 38.5 Å². The molecule has 6 heteroatoms. The molecule has 0 saturated carbocycles. The molecule has 1 fully saturated rings. The summed E-state index contributed by atoms with van der Waals surface area (Å²) in [5.41, 5.74) is 1.12. The van der Waals surface area contributed by atoms with Crippen molar-refractivity contribution in [2.24, 2.45) is 0 Å². The number of likely N-dealkylation sites (N-methyl/N-ethyl adjacent to an activating group) is 1. The monoisotopic (exact) mass is 323 g/mol. The molecular formula is C16H22ClN3O2. The van der Waals surface area contributed by atoms with Crippen LogP contribution in [0.2, 0.25) is 0 Å². The maximum atomic E-state index is 12.7. The first-order valence-electron chi connectivity index (χ1n) is 7.54. The highest BCUT2D eigenvalue weighted by molar-refractivity contribution is 6.18. The topological polar surface area (TPSA) is 52.6 Å². The smallest absolute Gasteiger partial charge is 0.256 e. The van der Waals surface area contributed by atoms with Crippen molar-refractivity contribution in [2.45, 2.75) is 12.8 Å². The van der Waals surface area contributed by atoms with Crippen LogP contribution < -0.4 is 5.32 Å². The number of rotatable bonds is 5. The molecule has 0 unspecified atom stereocenters. The highest BCUT2D eigenvalue weighted by Crippen LogP contribution is 2.18. The molecule has 1 N–H and O–H groups in total. The maximum absolute atomic E-state index is 12.7. The number of para-hydroxylation sites is 1. The van der Waals surface area contributed by atoms with Gasteiger partial charge in [-0.25, -0.2) is 0 Å². The van der Waals surface area contributed by atoms with E-state index < -0.39 is 0 Å². The molecule has 0 radical (unpaired) electrons. The second-order valence-corrected chi connectivity index (χ2v) is 5.86. The summed E-state index contributed by atoms with van der Waals surface area (Å²) in [5.74, 6) is 0.315. The zero-order valence-corrected chi connectivity index (χ0v) is 13.6. The van der Waals surface area contributed by atoms with Gasteiger partial charge in [0.1, 0.15) is 0 Å². The molecule has 1 aromatic rings. The van der Waals surface area contributed by atoms with Crippen molar-refractivity contribution < 1.29 is 9.59 Å². The third kappa shape index (κ3) is 4.45.